The van der Waals surface area contributed by atoms with Crippen molar-refractivity contribution in [3.05, 3.63) is 59.7 Å². The molecule has 1 aliphatic rings. The molecule has 4 rings (SSSR count). The Morgan fingerprint density at radius 2 is 1.74 bits per heavy atom. The molecular weight excluding hydrogens is 554 g/mol. The second-order valence-corrected chi connectivity index (χ2v) is 12.3. The molecule has 0 aliphatic carbocycles. The third-order valence-corrected chi connectivity index (χ3v) is 9.59. The molecule has 1 aliphatic heterocycles. The molecule has 1 atom stereocenters. The summed E-state index contributed by atoms with van der Waals surface area (Å²) in [5, 5.41) is 1.32. The standard InChI is InChI=1S/C25H26F6N2O3S2/c1-17-21-6-2-3-7-22(21)37-23(17)33(15-18-8-10-20(11-9-18)36-25(29,30)31)38(34,35)14-13-32-12-4-5-19(16-32)24(26,27)28/h2-3,6-11,19H,4-5,12-16H2,1H3. The Morgan fingerprint density at radius 1 is 1.05 bits per heavy atom. The maximum absolute atomic E-state index is 13.7. The van der Waals surface area contributed by atoms with E-state index in [-0.39, 0.29) is 26.1 Å². The lowest BCUT2D eigenvalue weighted by molar-refractivity contribution is -0.274. The summed E-state index contributed by atoms with van der Waals surface area (Å²) >= 11 is 1.27. The van der Waals surface area contributed by atoms with E-state index in [1.165, 1.54) is 32.7 Å². The lowest BCUT2D eigenvalue weighted by Gasteiger charge is -2.34. The zero-order valence-corrected chi connectivity index (χ0v) is 22.0. The monoisotopic (exact) mass is 580 g/mol. The number of anilines is 1. The third-order valence-electron chi connectivity index (χ3n) is 6.50. The van der Waals surface area contributed by atoms with Gasteiger partial charge in [-0.2, -0.15) is 13.2 Å². The van der Waals surface area contributed by atoms with E-state index >= 15 is 0 Å². The molecule has 1 aromatic heterocycles. The van der Waals surface area contributed by atoms with Crippen LogP contribution in [0.15, 0.2) is 48.5 Å². The van der Waals surface area contributed by atoms with Gasteiger partial charge in [0, 0.05) is 17.8 Å². The van der Waals surface area contributed by atoms with Crippen molar-refractivity contribution in [3.8, 4) is 5.75 Å². The Labute approximate surface area is 220 Å². The van der Waals surface area contributed by atoms with Gasteiger partial charge in [0.05, 0.1) is 18.2 Å². The van der Waals surface area contributed by atoms with Gasteiger partial charge in [-0.3, -0.25) is 4.31 Å². The zero-order chi connectivity index (χ0) is 27.7. The predicted molar refractivity (Wildman–Crippen MR) is 135 cm³/mol. The average molecular weight is 581 g/mol. The van der Waals surface area contributed by atoms with E-state index in [2.05, 4.69) is 4.74 Å². The van der Waals surface area contributed by atoms with Crippen molar-refractivity contribution in [1.29, 1.82) is 0 Å². The van der Waals surface area contributed by atoms with Crippen LogP contribution >= 0.6 is 11.3 Å². The van der Waals surface area contributed by atoms with Crippen LogP contribution in [0, 0.1) is 12.8 Å². The number of likely N-dealkylation sites (tertiary alicyclic amines) is 1. The van der Waals surface area contributed by atoms with Crippen LogP contribution in [0.4, 0.5) is 31.3 Å². The highest BCUT2D eigenvalue weighted by atomic mass is 32.2. The Bertz CT molecular complexity index is 1350. The molecule has 2 heterocycles. The summed E-state index contributed by atoms with van der Waals surface area (Å²) in [6.07, 6.45) is -8.84. The number of sulfonamides is 1. The molecule has 1 fully saturated rings. The highest BCUT2D eigenvalue weighted by molar-refractivity contribution is 7.93. The lowest BCUT2D eigenvalue weighted by Crippen LogP contribution is -2.44. The number of alkyl halides is 6. The molecule has 0 N–H and O–H groups in total. The summed E-state index contributed by atoms with van der Waals surface area (Å²) < 4.78 is 111. The number of benzene rings is 2. The van der Waals surface area contributed by atoms with E-state index in [9.17, 15) is 34.8 Å². The Morgan fingerprint density at radius 3 is 2.37 bits per heavy atom. The van der Waals surface area contributed by atoms with Crippen LogP contribution in [0.3, 0.4) is 0 Å². The second-order valence-electron chi connectivity index (χ2n) is 9.22. The van der Waals surface area contributed by atoms with Crippen molar-refractivity contribution < 1.29 is 39.5 Å². The van der Waals surface area contributed by atoms with Crippen molar-refractivity contribution in [2.75, 3.05) is 29.7 Å². The number of aryl methyl sites for hydroxylation is 1. The van der Waals surface area contributed by atoms with E-state index in [1.54, 1.807) is 6.92 Å². The molecule has 0 bridgehead atoms. The second kappa shape index (κ2) is 10.9. The highest BCUT2D eigenvalue weighted by Crippen LogP contribution is 2.40. The van der Waals surface area contributed by atoms with Crippen LogP contribution in [0.2, 0.25) is 0 Å². The zero-order valence-electron chi connectivity index (χ0n) is 20.3. The van der Waals surface area contributed by atoms with Crippen molar-refractivity contribution in [2.45, 2.75) is 38.8 Å². The molecule has 13 heteroatoms. The summed E-state index contributed by atoms with van der Waals surface area (Å²) in [6.45, 7) is 1.70. The van der Waals surface area contributed by atoms with Gasteiger partial charge in [-0.1, -0.05) is 30.3 Å². The van der Waals surface area contributed by atoms with Gasteiger partial charge < -0.3 is 9.64 Å². The number of ether oxygens (including phenoxy) is 1. The molecule has 1 saturated heterocycles. The summed E-state index contributed by atoms with van der Waals surface area (Å²) in [5.41, 5.74) is 1.15. The smallest absolute Gasteiger partial charge is 0.406 e. The summed E-state index contributed by atoms with van der Waals surface area (Å²) in [7, 11) is -4.03. The predicted octanol–water partition coefficient (Wildman–Crippen LogP) is 6.72. The highest BCUT2D eigenvalue weighted by Gasteiger charge is 2.42. The Balaban J connectivity index is 1.59. The molecular formula is C25H26F6N2O3S2. The lowest BCUT2D eigenvalue weighted by atomic mass is 9.98. The first-order valence-electron chi connectivity index (χ1n) is 11.9. The van der Waals surface area contributed by atoms with Crippen LogP contribution < -0.4 is 9.04 Å². The van der Waals surface area contributed by atoms with Gasteiger partial charge in [0.2, 0.25) is 10.0 Å². The first-order chi connectivity index (χ1) is 17.7. The third kappa shape index (κ3) is 6.92. The number of hydrogen-bond acceptors (Lipinski definition) is 5. The molecule has 3 aromatic rings. The SMILES string of the molecule is Cc1c(N(Cc2ccc(OC(F)(F)F)cc2)S(=O)(=O)CCN2CCCC(C(F)(F)F)C2)sc2ccccc12. The van der Waals surface area contributed by atoms with Gasteiger partial charge in [-0.05, 0) is 61.0 Å². The van der Waals surface area contributed by atoms with Gasteiger partial charge in [0.1, 0.15) is 10.8 Å². The maximum Gasteiger partial charge on any atom is 0.573 e. The van der Waals surface area contributed by atoms with Crippen molar-refractivity contribution in [2.24, 2.45) is 5.92 Å². The average Bonchev–Trinajstić information content (AvgIpc) is 3.17. The minimum atomic E-state index is -4.86. The van der Waals surface area contributed by atoms with E-state index in [1.807, 2.05) is 24.3 Å². The van der Waals surface area contributed by atoms with Crippen LogP contribution in [-0.4, -0.2) is 51.2 Å². The minimum Gasteiger partial charge on any atom is -0.406 e. The fourth-order valence-electron chi connectivity index (χ4n) is 4.54. The van der Waals surface area contributed by atoms with E-state index in [4.69, 9.17) is 0 Å². The van der Waals surface area contributed by atoms with Crippen molar-refractivity contribution in [3.63, 3.8) is 0 Å². The molecule has 0 radical (unpaired) electrons. The Hall–Kier alpha value is -2.51. The van der Waals surface area contributed by atoms with Crippen molar-refractivity contribution >= 4 is 36.4 Å². The molecule has 208 valence electrons. The fourth-order valence-corrected chi connectivity index (χ4v) is 7.55. The molecule has 38 heavy (non-hydrogen) atoms. The number of nitrogens with zero attached hydrogens (tertiary/aromatic N) is 2. The first-order valence-corrected chi connectivity index (χ1v) is 14.3. The number of hydrogen-bond donors (Lipinski definition) is 0. The molecule has 0 amide bonds. The number of piperidine rings is 1. The number of halogens is 6. The van der Waals surface area contributed by atoms with E-state index in [0.29, 0.717) is 23.5 Å². The van der Waals surface area contributed by atoms with Gasteiger partial charge in [-0.15, -0.1) is 24.5 Å². The maximum atomic E-state index is 13.7. The normalized spacial score (nSPS) is 17.6. The number of fused-ring (bicyclic) bond motifs is 1. The van der Waals surface area contributed by atoms with E-state index in [0.717, 1.165) is 27.8 Å². The van der Waals surface area contributed by atoms with Gasteiger partial charge in [-0.25, -0.2) is 8.42 Å². The van der Waals surface area contributed by atoms with Gasteiger partial charge in [0.15, 0.2) is 0 Å². The fraction of sp³-hybridized carbons (Fsp3) is 0.440. The van der Waals surface area contributed by atoms with Crippen LogP contribution in [0.25, 0.3) is 10.1 Å². The molecule has 5 nitrogen and oxygen atoms in total. The molecule has 0 spiro atoms. The molecule has 1 unspecified atom stereocenters. The van der Waals surface area contributed by atoms with E-state index < -0.39 is 40.0 Å². The quantitative estimate of drug-likeness (QED) is 0.278. The summed E-state index contributed by atoms with van der Waals surface area (Å²) in [4.78, 5) is 1.53. The first kappa shape index (κ1) is 28.5. The van der Waals surface area contributed by atoms with Crippen LogP contribution in [0.1, 0.15) is 24.0 Å². The molecule has 2 aromatic carbocycles. The van der Waals surface area contributed by atoms with Gasteiger partial charge >= 0.3 is 12.5 Å². The largest absolute Gasteiger partial charge is 0.573 e. The molecule has 0 saturated carbocycles. The van der Waals surface area contributed by atoms with Gasteiger partial charge in [0.25, 0.3) is 0 Å². The van der Waals surface area contributed by atoms with Crippen LogP contribution in [0.5, 0.6) is 5.75 Å². The number of rotatable bonds is 8. The summed E-state index contributed by atoms with van der Waals surface area (Å²) in [5.74, 6) is -2.32. The minimum absolute atomic E-state index is 0.0217. The topological polar surface area (TPSA) is 49.9 Å². The van der Waals surface area contributed by atoms with Crippen LogP contribution in [-0.2, 0) is 16.6 Å². The summed E-state index contributed by atoms with van der Waals surface area (Å²) in [6, 6.07) is 12.3. The Kier molecular flexibility index (Phi) is 8.20. The number of thiophene rings is 1. The van der Waals surface area contributed by atoms with Crippen molar-refractivity contribution in [1.82, 2.24) is 4.90 Å².